The molecule has 0 aliphatic carbocycles. The van der Waals surface area contributed by atoms with Crippen LogP contribution in [0.4, 0.5) is 0 Å². The van der Waals surface area contributed by atoms with E-state index in [4.69, 9.17) is 23.7 Å². The molecule has 1 fully saturated rings. The van der Waals surface area contributed by atoms with E-state index in [1.165, 1.54) is 20.8 Å². The molecule has 2 aromatic rings. The molecule has 0 unspecified atom stereocenters. The molecule has 0 spiro atoms. The summed E-state index contributed by atoms with van der Waals surface area (Å²) in [6, 6.07) is 13.7. The molecule has 4 atom stereocenters. The van der Waals surface area contributed by atoms with E-state index in [0.29, 0.717) is 12.2 Å². The number of benzene rings is 2. The van der Waals surface area contributed by atoms with Crippen molar-refractivity contribution < 1.29 is 46.5 Å². The lowest BCUT2D eigenvalue weighted by Gasteiger charge is -2.40. The van der Waals surface area contributed by atoms with Crippen LogP contribution in [0.5, 0.6) is 5.75 Å². The molecule has 1 aliphatic rings. The van der Waals surface area contributed by atoms with Crippen molar-refractivity contribution in [3.63, 3.8) is 0 Å². The van der Waals surface area contributed by atoms with Crippen molar-refractivity contribution in [2.24, 2.45) is 0 Å². The summed E-state index contributed by atoms with van der Waals surface area (Å²) in [7, 11) is -3.26. The SMILES string of the molecule is CC(=O)O[C@@H]1[C@@H](OC(C)=O)[C@H](Oc2ccc(Cc3ccc(S(C)(=O)=O)cc3)cc2)OC[C@H]1OC(C)=O. The highest BCUT2D eigenvalue weighted by molar-refractivity contribution is 7.90. The second-order valence-electron chi connectivity index (χ2n) is 8.35. The van der Waals surface area contributed by atoms with E-state index in [2.05, 4.69) is 0 Å². The van der Waals surface area contributed by atoms with Gasteiger partial charge in [0, 0.05) is 27.0 Å². The summed E-state index contributed by atoms with van der Waals surface area (Å²) in [6.45, 7) is 3.44. The number of ether oxygens (including phenoxy) is 5. The van der Waals surface area contributed by atoms with Gasteiger partial charge in [0.1, 0.15) is 5.75 Å². The highest BCUT2D eigenvalue weighted by Crippen LogP contribution is 2.27. The van der Waals surface area contributed by atoms with Crippen LogP contribution >= 0.6 is 0 Å². The average molecular weight is 521 g/mol. The monoisotopic (exact) mass is 520 g/mol. The zero-order valence-corrected chi connectivity index (χ0v) is 21.1. The first kappa shape index (κ1) is 27.2. The molecule has 11 heteroatoms. The van der Waals surface area contributed by atoms with E-state index in [1.807, 2.05) is 12.1 Å². The van der Waals surface area contributed by atoms with Crippen LogP contribution in [0.1, 0.15) is 31.9 Å². The molecule has 1 aliphatic heterocycles. The van der Waals surface area contributed by atoms with E-state index in [-0.39, 0.29) is 11.5 Å². The number of esters is 3. The Morgan fingerprint density at radius 3 is 1.81 bits per heavy atom. The molecule has 0 bridgehead atoms. The summed E-state index contributed by atoms with van der Waals surface area (Å²) in [4.78, 5) is 35.2. The molecule has 2 aromatic carbocycles. The molecule has 1 saturated heterocycles. The van der Waals surface area contributed by atoms with E-state index in [9.17, 15) is 22.8 Å². The number of hydrogen-bond donors (Lipinski definition) is 0. The summed E-state index contributed by atoms with van der Waals surface area (Å²) in [5, 5.41) is 0. The van der Waals surface area contributed by atoms with Crippen molar-refractivity contribution in [1.82, 2.24) is 0 Å². The fourth-order valence-corrected chi connectivity index (χ4v) is 4.35. The number of hydrogen-bond acceptors (Lipinski definition) is 10. The summed E-state index contributed by atoms with van der Waals surface area (Å²) >= 11 is 0. The summed E-state index contributed by atoms with van der Waals surface area (Å²) in [5.74, 6) is -1.51. The van der Waals surface area contributed by atoms with Gasteiger partial charge >= 0.3 is 17.9 Å². The normalized spacial score (nSPS) is 21.8. The van der Waals surface area contributed by atoms with Gasteiger partial charge in [0.15, 0.2) is 22.0 Å². The van der Waals surface area contributed by atoms with Gasteiger partial charge in [-0.15, -0.1) is 0 Å². The lowest BCUT2D eigenvalue weighted by molar-refractivity contribution is -0.259. The van der Waals surface area contributed by atoms with Gasteiger partial charge < -0.3 is 23.7 Å². The Morgan fingerprint density at radius 1 is 0.806 bits per heavy atom. The van der Waals surface area contributed by atoms with Gasteiger partial charge in [0.2, 0.25) is 12.4 Å². The molecule has 3 rings (SSSR count). The molecule has 194 valence electrons. The highest BCUT2D eigenvalue weighted by atomic mass is 32.2. The van der Waals surface area contributed by atoms with Gasteiger partial charge in [0.05, 0.1) is 11.5 Å². The second kappa shape index (κ2) is 11.5. The maximum atomic E-state index is 11.7. The zero-order chi connectivity index (χ0) is 26.5. The Hall–Kier alpha value is -3.44. The minimum atomic E-state index is -3.26. The Morgan fingerprint density at radius 2 is 1.31 bits per heavy atom. The van der Waals surface area contributed by atoms with Crippen LogP contribution in [0.2, 0.25) is 0 Å². The Balaban J connectivity index is 1.73. The summed E-state index contributed by atoms with van der Waals surface area (Å²) in [5.41, 5.74) is 1.88. The zero-order valence-electron chi connectivity index (χ0n) is 20.3. The average Bonchev–Trinajstić information content (AvgIpc) is 2.78. The van der Waals surface area contributed by atoms with Crippen LogP contribution < -0.4 is 4.74 Å². The molecule has 0 saturated carbocycles. The van der Waals surface area contributed by atoms with Gasteiger partial charge in [-0.3, -0.25) is 14.4 Å². The van der Waals surface area contributed by atoms with Crippen molar-refractivity contribution in [3.05, 3.63) is 59.7 Å². The van der Waals surface area contributed by atoms with E-state index < -0.39 is 52.3 Å². The minimum absolute atomic E-state index is 0.137. The van der Waals surface area contributed by atoms with E-state index in [1.54, 1.807) is 36.4 Å². The minimum Gasteiger partial charge on any atom is -0.461 e. The van der Waals surface area contributed by atoms with Crippen LogP contribution in [-0.2, 0) is 49.6 Å². The highest BCUT2D eigenvalue weighted by Gasteiger charge is 2.48. The number of sulfone groups is 1. The van der Waals surface area contributed by atoms with Crippen molar-refractivity contribution in [3.8, 4) is 5.75 Å². The van der Waals surface area contributed by atoms with E-state index >= 15 is 0 Å². The smallest absolute Gasteiger partial charge is 0.303 e. The van der Waals surface area contributed by atoms with Crippen molar-refractivity contribution in [1.29, 1.82) is 0 Å². The molecular weight excluding hydrogens is 492 g/mol. The molecule has 1 heterocycles. The predicted molar refractivity (Wildman–Crippen MR) is 126 cm³/mol. The van der Waals surface area contributed by atoms with Crippen LogP contribution in [0.3, 0.4) is 0 Å². The summed E-state index contributed by atoms with van der Waals surface area (Å²) in [6.07, 6.45) is -2.68. The van der Waals surface area contributed by atoms with Gasteiger partial charge in [-0.25, -0.2) is 8.42 Å². The third-order valence-corrected chi connectivity index (χ3v) is 6.37. The molecular formula is C25H28O10S. The largest absolute Gasteiger partial charge is 0.461 e. The Kier molecular flexibility index (Phi) is 8.70. The van der Waals surface area contributed by atoms with Crippen molar-refractivity contribution in [2.45, 2.75) is 56.7 Å². The maximum absolute atomic E-state index is 11.7. The topological polar surface area (TPSA) is 132 Å². The lowest BCUT2D eigenvalue weighted by Crippen LogP contribution is -2.59. The first-order chi connectivity index (χ1) is 16.9. The maximum Gasteiger partial charge on any atom is 0.303 e. The molecule has 0 radical (unpaired) electrons. The third-order valence-electron chi connectivity index (χ3n) is 5.24. The first-order valence-corrected chi connectivity index (χ1v) is 13.0. The molecule has 36 heavy (non-hydrogen) atoms. The molecule has 0 amide bonds. The van der Waals surface area contributed by atoms with Crippen molar-refractivity contribution in [2.75, 3.05) is 12.9 Å². The van der Waals surface area contributed by atoms with E-state index in [0.717, 1.165) is 17.4 Å². The first-order valence-electron chi connectivity index (χ1n) is 11.1. The Bertz CT molecular complexity index is 1190. The van der Waals surface area contributed by atoms with Crippen LogP contribution in [0.25, 0.3) is 0 Å². The van der Waals surface area contributed by atoms with Gasteiger partial charge in [-0.1, -0.05) is 24.3 Å². The Labute approximate surface area is 209 Å². The van der Waals surface area contributed by atoms with Gasteiger partial charge in [0.25, 0.3) is 0 Å². The molecule has 10 nitrogen and oxygen atoms in total. The number of carbonyl (C=O) groups excluding carboxylic acids is 3. The quantitative estimate of drug-likeness (QED) is 0.377. The van der Waals surface area contributed by atoms with Crippen LogP contribution in [0, 0.1) is 0 Å². The standard InChI is InChI=1S/C25H28O10S/c1-15(26)32-22-14-31-25(24(34-17(3)28)23(22)33-16(2)27)35-20-9-5-18(6-10-20)13-19-7-11-21(12-8-19)36(4,29)30/h5-12,22-25H,13-14H2,1-4H3/t22-,23+,24-,25+/m1/s1. The third kappa shape index (κ3) is 7.53. The van der Waals surface area contributed by atoms with Crippen LogP contribution in [0.15, 0.2) is 53.4 Å². The number of rotatable bonds is 8. The fraction of sp³-hybridized carbons (Fsp3) is 0.400. The lowest BCUT2D eigenvalue weighted by atomic mass is 10.0. The molecule has 0 N–H and O–H groups in total. The van der Waals surface area contributed by atoms with Gasteiger partial charge in [-0.2, -0.15) is 0 Å². The fourth-order valence-electron chi connectivity index (χ4n) is 3.72. The van der Waals surface area contributed by atoms with Crippen molar-refractivity contribution >= 4 is 27.7 Å². The number of carbonyl (C=O) groups is 3. The second-order valence-corrected chi connectivity index (χ2v) is 10.4. The van der Waals surface area contributed by atoms with Crippen LogP contribution in [-0.4, -0.2) is 63.8 Å². The predicted octanol–water partition coefficient (Wildman–Crippen LogP) is 2.21. The van der Waals surface area contributed by atoms with Gasteiger partial charge in [-0.05, 0) is 41.8 Å². The molecule has 0 aromatic heterocycles. The summed E-state index contributed by atoms with van der Waals surface area (Å²) < 4.78 is 50.7.